The number of benzene rings is 1. The van der Waals surface area contributed by atoms with Crippen LogP contribution in [0, 0.1) is 5.92 Å². The molecule has 1 aromatic carbocycles. The second-order valence-electron chi connectivity index (χ2n) is 3.36. The van der Waals surface area contributed by atoms with Gasteiger partial charge in [-0.2, -0.15) is 0 Å². The maximum absolute atomic E-state index is 11.7. The molecule has 0 fully saturated rings. The first-order chi connectivity index (χ1) is 6.56. The first-order valence-electron chi connectivity index (χ1n) is 4.44. The lowest BCUT2D eigenvalue weighted by atomic mass is 10.0. The highest BCUT2D eigenvalue weighted by molar-refractivity contribution is 9.10. The predicted octanol–water partition coefficient (Wildman–Crippen LogP) is 3.30. The molecule has 3 heteroatoms. The quantitative estimate of drug-likeness (QED) is 0.776. The third kappa shape index (κ3) is 2.35. The van der Waals surface area contributed by atoms with Gasteiger partial charge in [-0.15, -0.1) is 0 Å². The average molecular weight is 257 g/mol. The lowest BCUT2D eigenvalue weighted by molar-refractivity contribution is 0.0938. The van der Waals surface area contributed by atoms with Gasteiger partial charge in [0, 0.05) is 16.0 Å². The van der Waals surface area contributed by atoms with Crippen LogP contribution in [-0.4, -0.2) is 12.9 Å². The van der Waals surface area contributed by atoms with Crippen molar-refractivity contribution in [1.82, 2.24) is 0 Å². The first kappa shape index (κ1) is 11.2. The van der Waals surface area contributed by atoms with Gasteiger partial charge >= 0.3 is 0 Å². The van der Waals surface area contributed by atoms with Crippen molar-refractivity contribution in [2.75, 3.05) is 7.11 Å². The van der Waals surface area contributed by atoms with Crippen LogP contribution in [-0.2, 0) is 0 Å². The molecule has 1 rings (SSSR count). The fraction of sp³-hybridized carbons (Fsp3) is 0.364. The van der Waals surface area contributed by atoms with E-state index in [1.165, 1.54) is 0 Å². The zero-order valence-electron chi connectivity index (χ0n) is 8.50. The third-order valence-corrected chi connectivity index (χ3v) is 2.65. The Morgan fingerprint density at radius 1 is 1.43 bits per heavy atom. The zero-order valence-corrected chi connectivity index (χ0v) is 10.1. The van der Waals surface area contributed by atoms with Gasteiger partial charge in [0.25, 0.3) is 0 Å². The molecule has 0 saturated carbocycles. The SMILES string of the molecule is COc1ccc(Br)c(C(=O)C(C)C)c1. The Kier molecular flexibility index (Phi) is 3.69. The standard InChI is InChI=1S/C11H13BrO2/c1-7(2)11(13)9-6-8(14-3)4-5-10(9)12/h4-7H,1-3H3. The van der Waals surface area contributed by atoms with E-state index in [1.807, 2.05) is 26.0 Å². The Balaban J connectivity index is 3.12. The second kappa shape index (κ2) is 4.60. The van der Waals surface area contributed by atoms with Crippen LogP contribution >= 0.6 is 15.9 Å². The average Bonchev–Trinajstić information content (AvgIpc) is 2.17. The van der Waals surface area contributed by atoms with Gasteiger partial charge in [0.05, 0.1) is 7.11 Å². The summed E-state index contributed by atoms with van der Waals surface area (Å²) in [5.74, 6) is 0.825. The van der Waals surface area contributed by atoms with E-state index in [2.05, 4.69) is 15.9 Å². The normalized spacial score (nSPS) is 10.4. The molecule has 0 aliphatic heterocycles. The van der Waals surface area contributed by atoms with Crippen molar-refractivity contribution in [3.63, 3.8) is 0 Å². The van der Waals surface area contributed by atoms with Crippen LogP contribution in [0.3, 0.4) is 0 Å². The minimum atomic E-state index is -0.00148. The Morgan fingerprint density at radius 2 is 2.07 bits per heavy atom. The number of ether oxygens (including phenoxy) is 1. The van der Waals surface area contributed by atoms with Crippen molar-refractivity contribution in [1.29, 1.82) is 0 Å². The Hall–Kier alpha value is -0.830. The number of ketones is 1. The summed E-state index contributed by atoms with van der Waals surface area (Å²) < 4.78 is 5.88. The monoisotopic (exact) mass is 256 g/mol. The van der Waals surface area contributed by atoms with Gasteiger partial charge in [0.1, 0.15) is 5.75 Å². The number of carbonyl (C=O) groups excluding carboxylic acids is 1. The minimum Gasteiger partial charge on any atom is -0.497 e. The van der Waals surface area contributed by atoms with E-state index >= 15 is 0 Å². The van der Waals surface area contributed by atoms with Gasteiger partial charge in [-0.1, -0.05) is 29.8 Å². The van der Waals surface area contributed by atoms with Crippen LogP contribution in [0.1, 0.15) is 24.2 Å². The van der Waals surface area contributed by atoms with Crippen LogP contribution in [0.15, 0.2) is 22.7 Å². The van der Waals surface area contributed by atoms with E-state index in [9.17, 15) is 4.79 Å². The molecule has 1 aromatic rings. The molecule has 0 saturated heterocycles. The molecule has 76 valence electrons. The number of halogens is 1. The molecule has 0 aliphatic carbocycles. The lowest BCUT2D eigenvalue weighted by Gasteiger charge is -2.08. The predicted molar refractivity (Wildman–Crippen MR) is 59.9 cm³/mol. The maximum Gasteiger partial charge on any atom is 0.166 e. The summed E-state index contributed by atoms with van der Waals surface area (Å²) >= 11 is 3.35. The van der Waals surface area contributed by atoms with Crippen LogP contribution in [0.25, 0.3) is 0 Å². The van der Waals surface area contributed by atoms with Crippen molar-refractivity contribution >= 4 is 21.7 Å². The summed E-state index contributed by atoms with van der Waals surface area (Å²) in [7, 11) is 1.59. The third-order valence-electron chi connectivity index (χ3n) is 1.96. The summed E-state index contributed by atoms with van der Waals surface area (Å²) in [4.78, 5) is 11.7. The van der Waals surface area contributed by atoms with Gasteiger partial charge in [-0.3, -0.25) is 4.79 Å². The van der Waals surface area contributed by atoms with Crippen molar-refractivity contribution in [3.05, 3.63) is 28.2 Å². The molecule has 0 radical (unpaired) electrons. The highest BCUT2D eigenvalue weighted by atomic mass is 79.9. The molecular formula is C11H13BrO2. The molecule has 0 amide bonds. The largest absolute Gasteiger partial charge is 0.497 e. The molecular weight excluding hydrogens is 244 g/mol. The van der Waals surface area contributed by atoms with Gasteiger partial charge < -0.3 is 4.74 Å². The van der Waals surface area contributed by atoms with E-state index in [-0.39, 0.29) is 11.7 Å². The molecule has 2 nitrogen and oxygen atoms in total. The number of rotatable bonds is 3. The van der Waals surface area contributed by atoms with E-state index in [4.69, 9.17) is 4.74 Å². The highest BCUT2D eigenvalue weighted by Gasteiger charge is 2.14. The number of Topliss-reactive ketones (excluding diaryl/α,β-unsaturated/α-hetero) is 1. The van der Waals surface area contributed by atoms with Gasteiger partial charge in [0.2, 0.25) is 0 Å². The molecule has 0 N–H and O–H groups in total. The fourth-order valence-electron chi connectivity index (χ4n) is 1.13. The minimum absolute atomic E-state index is 0.00148. The molecule has 0 unspecified atom stereocenters. The first-order valence-corrected chi connectivity index (χ1v) is 5.23. The molecule has 0 heterocycles. The van der Waals surface area contributed by atoms with Gasteiger partial charge in [0.15, 0.2) is 5.78 Å². The van der Waals surface area contributed by atoms with Gasteiger partial charge in [-0.25, -0.2) is 0 Å². The summed E-state index contributed by atoms with van der Waals surface area (Å²) in [5.41, 5.74) is 0.680. The fourth-order valence-corrected chi connectivity index (χ4v) is 1.57. The Labute approximate surface area is 92.4 Å². The molecule has 0 spiro atoms. The molecule has 0 atom stereocenters. The van der Waals surface area contributed by atoms with Crippen molar-refractivity contribution in [3.8, 4) is 5.75 Å². The topological polar surface area (TPSA) is 26.3 Å². The van der Waals surface area contributed by atoms with Gasteiger partial charge in [-0.05, 0) is 18.2 Å². The van der Waals surface area contributed by atoms with Crippen LogP contribution < -0.4 is 4.74 Å². The number of carbonyl (C=O) groups is 1. The number of hydrogen-bond acceptors (Lipinski definition) is 2. The maximum atomic E-state index is 11.7. The molecule has 0 bridgehead atoms. The summed E-state index contributed by atoms with van der Waals surface area (Å²) in [5, 5.41) is 0. The van der Waals surface area contributed by atoms with E-state index in [0.717, 1.165) is 4.47 Å². The number of methoxy groups -OCH3 is 1. The lowest BCUT2D eigenvalue weighted by Crippen LogP contribution is -2.08. The highest BCUT2D eigenvalue weighted by Crippen LogP contribution is 2.24. The summed E-state index contributed by atoms with van der Waals surface area (Å²) in [6.45, 7) is 3.77. The molecule has 0 aliphatic rings. The summed E-state index contributed by atoms with van der Waals surface area (Å²) in [6.07, 6.45) is 0. The van der Waals surface area contributed by atoms with Crippen LogP contribution in [0.2, 0.25) is 0 Å². The Bertz CT molecular complexity index is 345. The zero-order chi connectivity index (χ0) is 10.7. The van der Waals surface area contributed by atoms with Crippen LogP contribution in [0.4, 0.5) is 0 Å². The van der Waals surface area contributed by atoms with E-state index in [1.54, 1.807) is 13.2 Å². The summed E-state index contributed by atoms with van der Waals surface area (Å²) in [6, 6.07) is 5.40. The van der Waals surface area contributed by atoms with Crippen molar-refractivity contribution in [2.45, 2.75) is 13.8 Å². The second-order valence-corrected chi connectivity index (χ2v) is 4.22. The molecule has 14 heavy (non-hydrogen) atoms. The van der Waals surface area contributed by atoms with Crippen LogP contribution in [0.5, 0.6) is 5.75 Å². The van der Waals surface area contributed by atoms with E-state index < -0.39 is 0 Å². The van der Waals surface area contributed by atoms with E-state index in [0.29, 0.717) is 11.3 Å². The smallest absolute Gasteiger partial charge is 0.166 e. The number of hydrogen-bond donors (Lipinski definition) is 0. The molecule has 0 aromatic heterocycles. The van der Waals surface area contributed by atoms with Crippen molar-refractivity contribution in [2.24, 2.45) is 5.92 Å². The Morgan fingerprint density at radius 3 is 2.57 bits per heavy atom. The van der Waals surface area contributed by atoms with Crippen molar-refractivity contribution < 1.29 is 9.53 Å².